The van der Waals surface area contributed by atoms with Gasteiger partial charge in [-0.1, -0.05) is 30.3 Å². The molecule has 0 spiro atoms. The minimum Gasteiger partial charge on any atom is -0.465 e. The highest BCUT2D eigenvalue weighted by Crippen LogP contribution is 2.20. The number of urea groups is 1. The Morgan fingerprint density at radius 1 is 1.00 bits per heavy atom. The predicted molar refractivity (Wildman–Crippen MR) is 97.8 cm³/mol. The number of nitrogens with one attached hydrogen (secondary N) is 3. The van der Waals surface area contributed by atoms with Gasteiger partial charge in [-0.3, -0.25) is 10.1 Å². The van der Waals surface area contributed by atoms with Crippen LogP contribution in [0.15, 0.2) is 54.6 Å². The molecule has 0 heterocycles. The molecule has 136 valence electrons. The van der Waals surface area contributed by atoms with E-state index in [1.807, 2.05) is 18.2 Å². The summed E-state index contributed by atoms with van der Waals surface area (Å²) in [5.74, 6) is -0.927. The number of methoxy groups -OCH3 is 1. The van der Waals surface area contributed by atoms with Crippen LogP contribution in [0.3, 0.4) is 0 Å². The van der Waals surface area contributed by atoms with Gasteiger partial charge in [0.1, 0.15) is 6.04 Å². The quantitative estimate of drug-likeness (QED) is 0.692. The van der Waals surface area contributed by atoms with E-state index in [0.717, 1.165) is 0 Å². The van der Waals surface area contributed by atoms with E-state index >= 15 is 0 Å². The van der Waals surface area contributed by atoms with Gasteiger partial charge in [0.2, 0.25) is 0 Å². The second kappa shape index (κ2) is 9.22. The average molecular weight is 355 g/mol. The molecule has 2 aromatic carbocycles. The number of amides is 3. The van der Waals surface area contributed by atoms with E-state index in [9.17, 15) is 14.4 Å². The Morgan fingerprint density at radius 3 is 2.23 bits per heavy atom. The molecule has 0 fully saturated rings. The topological polar surface area (TPSA) is 96.5 Å². The van der Waals surface area contributed by atoms with Crippen LogP contribution in [0.2, 0.25) is 0 Å². The molecule has 26 heavy (non-hydrogen) atoms. The molecule has 0 saturated carbocycles. The molecule has 2 rings (SSSR count). The number of hydrogen-bond donors (Lipinski definition) is 3. The van der Waals surface area contributed by atoms with Crippen LogP contribution < -0.4 is 16.0 Å². The first-order valence-electron chi connectivity index (χ1n) is 8.13. The number of imide groups is 1. The maximum atomic E-state index is 12.5. The van der Waals surface area contributed by atoms with Crippen molar-refractivity contribution in [2.45, 2.75) is 13.0 Å². The first-order valence-corrected chi connectivity index (χ1v) is 8.13. The van der Waals surface area contributed by atoms with Gasteiger partial charge in [-0.05, 0) is 36.8 Å². The van der Waals surface area contributed by atoms with Crippen molar-refractivity contribution in [1.82, 2.24) is 10.6 Å². The van der Waals surface area contributed by atoms with Gasteiger partial charge in [-0.25, -0.2) is 9.59 Å². The number of carbonyl (C=O) groups is 3. The minimum absolute atomic E-state index is 0.404. The van der Waals surface area contributed by atoms with Crippen LogP contribution in [0.5, 0.6) is 0 Å². The standard InChI is InChI=1S/C19H21N3O4/c1-3-20-19(25)22-17(23)16(13-7-5-4-6-8-13)21-15-11-9-14(10-12-15)18(24)26-2/h4-12,16,21H,3H2,1-2H3,(H2,20,22,23,25)/t16-/m0/s1. The van der Waals surface area contributed by atoms with Gasteiger partial charge in [0.25, 0.3) is 5.91 Å². The fourth-order valence-electron chi connectivity index (χ4n) is 2.32. The van der Waals surface area contributed by atoms with Crippen molar-refractivity contribution in [3.8, 4) is 0 Å². The lowest BCUT2D eigenvalue weighted by atomic mass is 10.1. The molecule has 7 heteroatoms. The third-order valence-corrected chi connectivity index (χ3v) is 3.59. The predicted octanol–water partition coefficient (Wildman–Crippen LogP) is 2.47. The van der Waals surface area contributed by atoms with Crippen LogP contribution >= 0.6 is 0 Å². The smallest absolute Gasteiger partial charge is 0.337 e. The average Bonchev–Trinajstić information content (AvgIpc) is 2.66. The molecule has 1 atom stereocenters. The molecule has 7 nitrogen and oxygen atoms in total. The van der Waals surface area contributed by atoms with Gasteiger partial charge in [0, 0.05) is 12.2 Å². The van der Waals surface area contributed by atoms with Crippen LogP contribution in [0.25, 0.3) is 0 Å². The monoisotopic (exact) mass is 355 g/mol. The van der Waals surface area contributed by atoms with Crippen LogP contribution in [0, 0.1) is 0 Å². The molecule has 0 aliphatic rings. The Bertz CT molecular complexity index is 760. The molecule has 0 radical (unpaired) electrons. The maximum absolute atomic E-state index is 12.5. The number of anilines is 1. The van der Waals surface area contributed by atoms with E-state index in [1.165, 1.54) is 7.11 Å². The Morgan fingerprint density at radius 2 is 1.65 bits per heavy atom. The summed E-state index contributed by atoms with van der Waals surface area (Å²) in [6, 6.07) is 14.2. The Balaban J connectivity index is 2.20. The lowest BCUT2D eigenvalue weighted by Crippen LogP contribution is -2.43. The molecule has 0 aromatic heterocycles. The third kappa shape index (κ3) is 5.07. The zero-order valence-corrected chi connectivity index (χ0v) is 14.6. The van der Waals surface area contributed by atoms with E-state index in [4.69, 9.17) is 0 Å². The molecule has 2 aromatic rings. The first-order chi connectivity index (χ1) is 12.5. The fraction of sp³-hybridized carbons (Fsp3) is 0.211. The van der Waals surface area contributed by atoms with Crippen molar-refractivity contribution in [2.24, 2.45) is 0 Å². The van der Waals surface area contributed by atoms with Gasteiger partial charge < -0.3 is 15.4 Å². The summed E-state index contributed by atoms with van der Waals surface area (Å²) in [5.41, 5.74) is 1.73. The van der Waals surface area contributed by atoms with E-state index in [1.54, 1.807) is 43.3 Å². The van der Waals surface area contributed by atoms with Crippen LogP contribution in [0.1, 0.15) is 28.9 Å². The van der Waals surface area contributed by atoms with Crippen molar-refractivity contribution in [3.05, 3.63) is 65.7 Å². The van der Waals surface area contributed by atoms with Gasteiger partial charge in [0.05, 0.1) is 12.7 Å². The fourth-order valence-corrected chi connectivity index (χ4v) is 2.32. The van der Waals surface area contributed by atoms with Gasteiger partial charge in [0.15, 0.2) is 0 Å². The van der Waals surface area contributed by atoms with Crippen LogP contribution in [0.4, 0.5) is 10.5 Å². The van der Waals surface area contributed by atoms with E-state index in [2.05, 4.69) is 20.7 Å². The van der Waals surface area contributed by atoms with Crippen molar-refractivity contribution in [1.29, 1.82) is 0 Å². The summed E-state index contributed by atoms with van der Waals surface area (Å²) in [6.45, 7) is 2.18. The zero-order valence-electron chi connectivity index (χ0n) is 14.6. The molecular weight excluding hydrogens is 334 g/mol. The molecule has 0 aliphatic heterocycles. The van der Waals surface area contributed by atoms with E-state index in [-0.39, 0.29) is 0 Å². The van der Waals surface area contributed by atoms with E-state index in [0.29, 0.717) is 23.4 Å². The van der Waals surface area contributed by atoms with Crippen molar-refractivity contribution < 1.29 is 19.1 Å². The molecule has 0 bridgehead atoms. The normalized spacial score (nSPS) is 11.2. The summed E-state index contributed by atoms with van der Waals surface area (Å²) in [4.78, 5) is 35.7. The summed E-state index contributed by atoms with van der Waals surface area (Å²) in [6.07, 6.45) is 0. The number of carbonyl (C=O) groups excluding carboxylic acids is 3. The molecule has 3 N–H and O–H groups in total. The second-order valence-corrected chi connectivity index (χ2v) is 5.41. The summed E-state index contributed by atoms with van der Waals surface area (Å²) in [5, 5.41) is 7.92. The minimum atomic E-state index is -0.775. The van der Waals surface area contributed by atoms with E-state index < -0.39 is 23.9 Å². The second-order valence-electron chi connectivity index (χ2n) is 5.41. The number of rotatable bonds is 6. The summed E-state index contributed by atoms with van der Waals surface area (Å²) < 4.78 is 4.66. The highest BCUT2D eigenvalue weighted by atomic mass is 16.5. The van der Waals surface area contributed by atoms with Crippen molar-refractivity contribution >= 4 is 23.6 Å². The molecule has 0 aliphatic carbocycles. The largest absolute Gasteiger partial charge is 0.465 e. The number of benzene rings is 2. The van der Waals surface area contributed by atoms with Crippen LogP contribution in [-0.2, 0) is 9.53 Å². The highest BCUT2D eigenvalue weighted by Gasteiger charge is 2.22. The van der Waals surface area contributed by atoms with Crippen LogP contribution in [-0.4, -0.2) is 31.6 Å². The van der Waals surface area contributed by atoms with Crippen molar-refractivity contribution in [3.63, 3.8) is 0 Å². The Kier molecular flexibility index (Phi) is 6.73. The molecular formula is C19H21N3O4. The molecule has 3 amide bonds. The van der Waals surface area contributed by atoms with Crippen molar-refractivity contribution in [2.75, 3.05) is 19.0 Å². The Hall–Kier alpha value is -3.35. The maximum Gasteiger partial charge on any atom is 0.337 e. The summed E-state index contributed by atoms with van der Waals surface area (Å²) >= 11 is 0. The third-order valence-electron chi connectivity index (χ3n) is 3.59. The number of hydrogen-bond acceptors (Lipinski definition) is 5. The lowest BCUT2D eigenvalue weighted by Gasteiger charge is -2.19. The molecule has 0 unspecified atom stereocenters. The Labute approximate surface area is 151 Å². The van der Waals surface area contributed by atoms with Gasteiger partial charge in [-0.15, -0.1) is 0 Å². The summed E-state index contributed by atoms with van der Waals surface area (Å²) in [7, 11) is 1.31. The van der Waals surface area contributed by atoms with Gasteiger partial charge >= 0.3 is 12.0 Å². The zero-order chi connectivity index (χ0) is 18.9. The molecule has 0 saturated heterocycles. The first kappa shape index (κ1) is 19.0. The highest BCUT2D eigenvalue weighted by molar-refractivity contribution is 5.98. The lowest BCUT2D eigenvalue weighted by molar-refractivity contribution is -0.120. The number of ether oxygens (including phenoxy) is 1. The van der Waals surface area contributed by atoms with Gasteiger partial charge in [-0.2, -0.15) is 0 Å². The number of esters is 1. The SMILES string of the molecule is CCNC(=O)NC(=O)[C@@H](Nc1ccc(C(=O)OC)cc1)c1ccccc1.